The molecule has 1 aromatic heterocycles. The molecule has 6 heteroatoms. The highest BCUT2D eigenvalue weighted by molar-refractivity contribution is 7.19. The third-order valence-corrected chi connectivity index (χ3v) is 4.02. The standard InChI is InChI=1S/C13H22N2O3S/c1-6-18-13(16)11-9(14)10(17-5)12(19-11)15-8(4)7(2)3/h7-8,15H,6,14H2,1-5H3. The summed E-state index contributed by atoms with van der Waals surface area (Å²) in [4.78, 5) is 12.2. The van der Waals surface area contributed by atoms with Crippen LogP contribution in [0.15, 0.2) is 0 Å². The maximum atomic E-state index is 11.8. The van der Waals surface area contributed by atoms with Crippen LogP contribution in [0.1, 0.15) is 37.4 Å². The van der Waals surface area contributed by atoms with Crippen LogP contribution in [-0.2, 0) is 4.74 Å². The normalized spacial score (nSPS) is 12.3. The van der Waals surface area contributed by atoms with E-state index in [0.29, 0.717) is 28.8 Å². The number of anilines is 2. The van der Waals surface area contributed by atoms with Gasteiger partial charge in [-0.25, -0.2) is 4.79 Å². The van der Waals surface area contributed by atoms with Crippen molar-refractivity contribution in [3.05, 3.63) is 4.88 Å². The monoisotopic (exact) mass is 286 g/mol. The van der Waals surface area contributed by atoms with Crippen molar-refractivity contribution in [1.29, 1.82) is 0 Å². The van der Waals surface area contributed by atoms with Gasteiger partial charge in [0.05, 0.1) is 13.7 Å². The van der Waals surface area contributed by atoms with Crippen molar-refractivity contribution >= 4 is 28.0 Å². The second-order valence-corrected chi connectivity index (χ2v) is 5.63. The molecule has 1 rings (SSSR count). The van der Waals surface area contributed by atoms with Gasteiger partial charge in [-0.1, -0.05) is 13.8 Å². The minimum absolute atomic E-state index is 0.252. The molecule has 0 aliphatic rings. The molecular weight excluding hydrogens is 264 g/mol. The molecule has 1 unspecified atom stereocenters. The molecule has 3 N–H and O–H groups in total. The smallest absolute Gasteiger partial charge is 0.350 e. The molecule has 0 saturated carbocycles. The minimum atomic E-state index is -0.409. The van der Waals surface area contributed by atoms with Crippen LogP contribution in [-0.4, -0.2) is 25.7 Å². The Bertz CT molecular complexity index is 443. The highest BCUT2D eigenvalue weighted by atomic mass is 32.1. The first-order valence-corrected chi connectivity index (χ1v) is 7.13. The van der Waals surface area contributed by atoms with Crippen LogP contribution in [0, 0.1) is 5.92 Å². The second-order valence-electron chi connectivity index (χ2n) is 4.60. The summed E-state index contributed by atoms with van der Waals surface area (Å²) < 4.78 is 10.3. The van der Waals surface area contributed by atoms with Crippen LogP contribution in [0.2, 0.25) is 0 Å². The van der Waals surface area contributed by atoms with E-state index in [1.54, 1.807) is 14.0 Å². The topological polar surface area (TPSA) is 73.6 Å². The van der Waals surface area contributed by atoms with Gasteiger partial charge < -0.3 is 20.5 Å². The molecule has 1 atom stereocenters. The molecule has 0 saturated heterocycles. The average Bonchev–Trinajstić information content (AvgIpc) is 2.65. The fourth-order valence-electron chi connectivity index (χ4n) is 1.45. The number of methoxy groups -OCH3 is 1. The third kappa shape index (κ3) is 3.53. The Hall–Kier alpha value is -1.43. The molecule has 108 valence electrons. The molecule has 1 heterocycles. The van der Waals surface area contributed by atoms with Crippen LogP contribution >= 0.6 is 11.3 Å². The molecule has 0 fully saturated rings. The van der Waals surface area contributed by atoms with Crippen LogP contribution < -0.4 is 15.8 Å². The summed E-state index contributed by atoms with van der Waals surface area (Å²) in [6.45, 7) is 8.40. The summed E-state index contributed by atoms with van der Waals surface area (Å²) in [6, 6.07) is 0.252. The lowest BCUT2D eigenvalue weighted by Gasteiger charge is -2.18. The maximum Gasteiger partial charge on any atom is 0.350 e. The van der Waals surface area contributed by atoms with Gasteiger partial charge in [0.15, 0.2) is 5.75 Å². The van der Waals surface area contributed by atoms with Crippen LogP contribution in [0.3, 0.4) is 0 Å². The van der Waals surface area contributed by atoms with Gasteiger partial charge >= 0.3 is 5.97 Å². The van der Waals surface area contributed by atoms with Crippen molar-refractivity contribution < 1.29 is 14.3 Å². The van der Waals surface area contributed by atoms with E-state index in [4.69, 9.17) is 15.2 Å². The molecule has 0 bridgehead atoms. The molecule has 5 nitrogen and oxygen atoms in total. The summed E-state index contributed by atoms with van der Waals surface area (Å²) >= 11 is 1.27. The quantitative estimate of drug-likeness (QED) is 0.786. The van der Waals surface area contributed by atoms with Gasteiger partial charge in [0.1, 0.15) is 15.6 Å². The van der Waals surface area contributed by atoms with E-state index in [1.807, 2.05) is 0 Å². The molecule has 0 aliphatic heterocycles. The Morgan fingerprint density at radius 3 is 2.53 bits per heavy atom. The van der Waals surface area contributed by atoms with E-state index in [1.165, 1.54) is 11.3 Å². The molecule has 1 aromatic rings. The van der Waals surface area contributed by atoms with E-state index in [2.05, 4.69) is 26.1 Å². The van der Waals surface area contributed by atoms with Gasteiger partial charge in [0, 0.05) is 6.04 Å². The van der Waals surface area contributed by atoms with Gasteiger partial charge in [-0.2, -0.15) is 0 Å². The molecule has 0 spiro atoms. The lowest BCUT2D eigenvalue weighted by molar-refractivity contribution is 0.0533. The first-order valence-electron chi connectivity index (χ1n) is 6.32. The molecule has 0 radical (unpaired) electrons. The summed E-state index contributed by atoms with van der Waals surface area (Å²) in [5.41, 5.74) is 6.28. The molecular formula is C13H22N2O3S. The van der Waals surface area contributed by atoms with Crippen molar-refractivity contribution in [2.24, 2.45) is 5.92 Å². The Morgan fingerprint density at radius 1 is 1.42 bits per heavy atom. The Labute approximate surface area is 118 Å². The van der Waals surface area contributed by atoms with Crippen molar-refractivity contribution in [3.63, 3.8) is 0 Å². The Morgan fingerprint density at radius 2 is 2.05 bits per heavy atom. The number of nitrogens with one attached hydrogen (secondary N) is 1. The SMILES string of the molecule is CCOC(=O)c1sc(NC(C)C(C)C)c(OC)c1N. The first kappa shape index (κ1) is 15.6. The highest BCUT2D eigenvalue weighted by Crippen LogP contribution is 2.43. The Balaban J connectivity index is 3.05. The van der Waals surface area contributed by atoms with Gasteiger partial charge in [0.25, 0.3) is 0 Å². The number of rotatable bonds is 6. The van der Waals surface area contributed by atoms with Gasteiger partial charge in [0.2, 0.25) is 0 Å². The number of nitrogens with two attached hydrogens (primary N) is 1. The lowest BCUT2D eigenvalue weighted by Crippen LogP contribution is -2.21. The molecule has 0 aromatic carbocycles. The van der Waals surface area contributed by atoms with Crippen molar-refractivity contribution in [2.45, 2.75) is 33.7 Å². The van der Waals surface area contributed by atoms with Crippen LogP contribution in [0.5, 0.6) is 5.75 Å². The summed E-state index contributed by atoms with van der Waals surface area (Å²) in [6.07, 6.45) is 0. The minimum Gasteiger partial charge on any atom is -0.492 e. The predicted octanol–water partition coefficient (Wildman–Crippen LogP) is 2.97. The van der Waals surface area contributed by atoms with E-state index in [0.717, 1.165) is 5.00 Å². The summed E-state index contributed by atoms with van der Waals surface area (Å²) in [7, 11) is 1.54. The summed E-state index contributed by atoms with van der Waals surface area (Å²) in [5, 5.41) is 4.09. The zero-order valence-corrected chi connectivity index (χ0v) is 12.9. The maximum absolute atomic E-state index is 11.8. The largest absolute Gasteiger partial charge is 0.492 e. The Kier molecular flexibility index (Phi) is 5.47. The van der Waals surface area contributed by atoms with Crippen molar-refractivity contribution in [1.82, 2.24) is 0 Å². The average molecular weight is 286 g/mol. The van der Waals surface area contributed by atoms with E-state index < -0.39 is 5.97 Å². The lowest BCUT2D eigenvalue weighted by atomic mass is 10.1. The zero-order valence-electron chi connectivity index (χ0n) is 12.1. The molecule has 0 amide bonds. The number of thiophene rings is 1. The fourth-order valence-corrected chi connectivity index (χ4v) is 2.53. The van der Waals surface area contributed by atoms with Crippen molar-refractivity contribution in [3.8, 4) is 5.75 Å². The van der Waals surface area contributed by atoms with Crippen LogP contribution in [0.4, 0.5) is 10.7 Å². The second kappa shape index (κ2) is 6.65. The third-order valence-electron chi connectivity index (χ3n) is 2.92. The molecule has 0 aliphatic carbocycles. The summed E-state index contributed by atoms with van der Waals surface area (Å²) in [5.74, 6) is 0.563. The number of hydrogen-bond acceptors (Lipinski definition) is 6. The number of nitrogen functional groups attached to an aromatic ring is 1. The zero-order chi connectivity index (χ0) is 14.6. The highest BCUT2D eigenvalue weighted by Gasteiger charge is 2.24. The van der Waals surface area contributed by atoms with Gasteiger partial charge in [-0.15, -0.1) is 11.3 Å². The number of ether oxygens (including phenoxy) is 2. The van der Waals surface area contributed by atoms with E-state index >= 15 is 0 Å². The first-order chi connectivity index (χ1) is 8.92. The predicted molar refractivity (Wildman–Crippen MR) is 79.2 cm³/mol. The fraction of sp³-hybridized carbons (Fsp3) is 0.615. The number of esters is 1. The number of carbonyl (C=O) groups excluding carboxylic acids is 1. The van der Waals surface area contributed by atoms with E-state index in [-0.39, 0.29) is 6.04 Å². The van der Waals surface area contributed by atoms with Crippen LogP contribution in [0.25, 0.3) is 0 Å². The molecule has 19 heavy (non-hydrogen) atoms. The number of carbonyl (C=O) groups is 1. The van der Waals surface area contributed by atoms with E-state index in [9.17, 15) is 4.79 Å². The van der Waals surface area contributed by atoms with Gasteiger partial charge in [-0.05, 0) is 19.8 Å². The number of hydrogen-bond donors (Lipinski definition) is 2. The van der Waals surface area contributed by atoms with Crippen molar-refractivity contribution in [2.75, 3.05) is 24.8 Å². The van der Waals surface area contributed by atoms with Gasteiger partial charge in [-0.3, -0.25) is 0 Å².